The van der Waals surface area contributed by atoms with E-state index in [4.69, 9.17) is 19.3 Å². The van der Waals surface area contributed by atoms with Crippen molar-refractivity contribution in [3.63, 3.8) is 0 Å². The number of phosphoric acid groups is 3. The van der Waals surface area contributed by atoms with Gasteiger partial charge in [0.2, 0.25) is 0 Å². The van der Waals surface area contributed by atoms with Gasteiger partial charge in [0.25, 0.3) is 11.2 Å². The lowest BCUT2D eigenvalue weighted by Crippen LogP contribution is -2.34. The molecule has 40 heavy (non-hydrogen) atoms. The number of nitro benzene ring substituents is 1. The Kier molecular flexibility index (Phi) is 10.1. The number of aliphatic hydroxyl groups is 1. The maximum atomic E-state index is 12.4. The second-order valence-corrected chi connectivity index (χ2v) is 12.4. The van der Waals surface area contributed by atoms with Crippen LogP contribution in [-0.2, 0) is 49.5 Å². The largest absolute Gasteiger partial charge is 0.490 e. The minimum Gasteiger partial charge on any atom is -0.390 e. The summed E-state index contributed by atoms with van der Waals surface area (Å²) < 4.78 is 57.3. The van der Waals surface area contributed by atoms with Crippen LogP contribution in [0.5, 0.6) is 0 Å². The van der Waals surface area contributed by atoms with Gasteiger partial charge in [-0.05, 0) is 6.07 Å². The van der Waals surface area contributed by atoms with Crippen molar-refractivity contribution in [1.82, 2.24) is 9.55 Å². The monoisotopic (exact) mass is 633 g/mol. The predicted octanol–water partition coefficient (Wildman–Crippen LogP) is 0.153. The van der Waals surface area contributed by atoms with E-state index in [-0.39, 0.29) is 36.4 Å². The van der Waals surface area contributed by atoms with E-state index in [9.17, 15) is 48.3 Å². The third-order valence-electron chi connectivity index (χ3n) is 5.08. The van der Waals surface area contributed by atoms with Crippen LogP contribution >= 0.6 is 23.5 Å². The number of phosphoric ester groups is 1. The van der Waals surface area contributed by atoms with Gasteiger partial charge in [-0.1, -0.05) is 12.1 Å². The number of rotatable bonds is 13. The maximum Gasteiger partial charge on any atom is 0.490 e. The summed E-state index contributed by atoms with van der Waals surface area (Å²) in [6.07, 6.45) is -3.35. The van der Waals surface area contributed by atoms with Crippen LogP contribution in [0.2, 0.25) is 0 Å². The number of ether oxygens (including phenoxy) is 2. The zero-order valence-corrected chi connectivity index (χ0v) is 22.5. The van der Waals surface area contributed by atoms with Gasteiger partial charge in [-0.15, -0.1) is 0 Å². The second-order valence-electron chi connectivity index (χ2n) is 8.02. The van der Waals surface area contributed by atoms with Gasteiger partial charge in [0.15, 0.2) is 0 Å². The van der Waals surface area contributed by atoms with Gasteiger partial charge in [0, 0.05) is 18.7 Å². The van der Waals surface area contributed by atoms with E-state index in [1.54, 1.807) is 6.07 Å². The minimum absolute atomic E-state index is 0.0898. The summed E-state index contributed by atoms with van der Waals surface area (Å²) in [5.41, 5.74) is -1.84. The number of aromatic nitrogens is 2. The molecule has 1 fully saturated rings. The SMILES string of the molecule is O=c1[nH]c(=O)n([C@H]2C[C@@H](O)[C@@H](COP(=O)(O)OP(=O)(O)OP(=O)(O)O)O2)cc1COCc1ccccc1[N+](=O)[O-]. The van der Waals surface area contributed by atoms with Crippen molar-refractivity contribution >= 4 is 29.2 Å². The first-order valence-electron chi connectivity index (χ1n) is 10.7. The third kappa shape index (κ3) is 9.05. The Balaban J connectivity index is 1.65. The summed E-state index contributed by atoms with van der Waals surface area (Å²) in [5, 5.41) is 21.4. The number of H-pyrrole nitrogens is 1. The van der Waals surface area contributed by atoms with Gasteiger partial charge in [-0.3, -0.25) is 29.0 Å². The number of hydrogen-bond acceptors (Lipinski definition) is 13. The highest BCUT2D eigenvalue weighted by Gasteiger charge is 2.43. The molecule has 1 aromatic carbocycles. The Morgan fingerprint density at radius 2 is 1.70 bits per heavy atom. The molecule has 0 amide bonds. The average Bonchev–Trinajstić information content (AvgIpc) is 3.17. The molecule has 6 N–H and O–H groups in total. The Bertz CT molecular complexity index is 1500. The van der Waals surface area contributed by atoms with Crippen molar-refractivity contribution in [3.8, 4) is 0 Å². The predicted molar refractivity (Wildman–Crippen MR) is 127 cm³/mol. The number of benzene rings is 1. The smallest absolute Gasteiger partial charge is 0.390 e. The number of nitrogens with zero attached hydrogens (tertiary/aromatic N) is 2. The molecular formula is C17H22N3O17P3. The zero-order valence-electron chi connectivity index (χ0n) is 19.8. The molecule has 0 radical (unpaired) electrons. The van der Waals surface area contributed by atoms with Gasteiger partial charge in [0.1, 0.15) is 12.3 Å². The van der Waals surface area contributed by atoms with Crippen LogP contribution in [0.4, 0.5) is 5.69 Å². The lowest BCUT2D eigenvalue weighted by Gasteiger charge is -2.19. The molecule has 2 unspecified atom stereocenters. The fourth-order valence-electron chi connectivity index (χ4n) is 3.43. The van der Waals surface area contributed by atoms with Crippen molar-refractivity contribution in [3.05, 3.63) is 72.5 Å². The van der Waals surface area contributed by atoms with E-state index in [0.717, 1.165) is 10.8 Å². The van der Waals surface area contributed by atoms with E-state index >= 15 is 0 Å². The summed E-state index contributed by atoms with van der Waals surface area (Å²) in [4.78, 5) is 73.0. The van der Waals surface area contributed by atoms with Gasteiger partial charge in [0.05, 0.1) is 42.0 Å². The van der Waals surface area contributed by atoms with Crippen LogP contribution in [0.25, 0.3) is 0 Å². The Hall–Kier alpha value is -2.41. The molecule has 0 spiro atoms. The van der Waals surface area contributed by atoms with E-state index in [2.05, 4.69) is 13.1 Å². The molecule has 5 atom stereocenters. The fourth-order valence-corrected chi connectivity index (χ4v) is 6.46. The van der Waals surface area contributed by atoms with Gasteiger partial charge in [-0.2, -0.15) is 8.62 Å². The van der Waals surface area contributed by atoms with E-state index < -0.39 is 64.7 Å². The Morgan fingerprint density at radius 1 is 1.05 bits per heavy atom. The molecule has 20 nitrogen and oxygen atoms in total. The molecule has 0 aliphatic carbocycles. The van der Waals surface area contributed by atoms with Crippen LogP contribution in [0, 0.1) is 10.1 Å². The summed E-state index contributed by atoms with van der Waals surface area (Å²) >= 11 is 0. The lowest BCUT2D eigenvalue weighted by molar-refractivity contribution is -0.386. The highest BCUT2D eigenvalue weighted by Crippen LogP contribution is 2.66. The van der Waals surface area contributed by atoms with Gasteiger partial charge < -0.3 is 34.2 Å². The van der Waals surface area contributed by atoms with Crippen molar-refractivity contribution in [2.24, 2.45) is 0 Å². The van der Waals surface area contributed by atoms with Crippen LogP contribution in [0.15, 0.2) is 40.1 Å². The fraction of sp³-hybridized carbons (Fsp3) is 0.412. The highest BCUT2D eigenvalue weighted by atomic mass is 31.3. The molecule has 1 aromatic heterocycles. The van der Waals surface area contributed by atoms with Crippen LogP contribution in [0.1, 0.15) is 23.8 Å². The molecular weight excluding hydrogens is 611 g/mol. The molecule has 1 aliphatic rings. The average molecular weight is 633 g/mol. The number of hydrogen-bond donors (Lipinski definition) is 6. The molecule has 23 heteroatoms. The molecule has 2 aromatic rings. The second kappa shape index (κ2) is 12.6. The molecule has 1 saturated heterocycles. The van der Waals surface area contributed by atoms with Crippen LogP contribution in [0.3, 0.4) is 0 Å². The lowest BCUT2D eigenvalue weighted by atomic mass is 10.2. The van der Waals surface area contributed by atoms with E-state index in [0.29, 0.717) is 0 Å². The zero-order chi connectivity index (χ0) is 29.9. The normalized spacial score (nSPS) is 22.5. The third-order valence-corrected chi connectivity index (χ3v) is 8.88. The quantitative estimate of drug-likeness (QED) is 0.0971. The number of para-hydroxylation sites is 1. The summed E-state index contributed by atoms with van der Waals surface area (Å²) in [7, 11) is -16.8. The van der Waals surface area contributed by atoms with Gasteiger partial charge >= 0.3 is 29.2 Å². The minimum atomic E-state index is -5.75. The number of aliphatic hydroxyl groups excluding tert-OH is 1. The first-order valence-corrected chi connectivity index (χ1v) is 15.2. The Morgan fingerprint density at radius 3 is 2.35 bits per heavy atom. The number of nitrogens with one attached hydrogen (secondary N) is 1. The Labute approximate surface area is 222 Å². The first kappa shape index (κ1) is 32.1. The van der Waals surface area contributed by atoms with E-state index in [1.807, 2.05) is 4.98 Å². The molecule has 222 valence electrons. The molecule has 1 aliphatic heterocycles. The van der Waals surface area contributed by atoms with Gasteiger partial charge in [-0.25, -0.2) is 18.5 Å². The maximum absolute atomic E-state index is 12.4. The molecule has 3 rings (SSSR count). The topological polar surface area (TPSA) is 297 Å². The summed E-state index contributed by atoms with van der Waals surface area (Å²) in [5.74, 6) is 0. The van der Waals surface area contributed by atoms with Crippen molar-refractivity contribution in [2.45, 2.75) is 38.1 Å². The van der Waals surface area contributed by atoms with E-state index in [1.165, 1.54) is 18.2 Å². The molecule has 0 saturated carbocycles. The number of aromatic amines is 1. The highest BCUT2D eigenvalue weighted by molar-refractivity contribution is 7.66. The van der Waals surface area contributed by atoms with Crippen molar-refractivity contribution in [1.29, 1.82) is 0 Å². The molecule has 0 bridgehead atoms. The van der Waals surface area contributed by atoms with Crippen LogP contribution in [-0.4, -0.2) is 58.0 Å². The van der Waals surface area contributed by atoms with Crippen LogP contribution < -0.4 is 11.2 Å². The summed E-state index contributed by atoms with van der Waals surface area (Å²) in [6, 6.07) is 5.76. The standard InChI is InChI=1S/C17H22N3O17P3/c21-13-5-15(35-14(13)9-34-39(29,30)37-40(31,32)36-38(26,27)28)19-6-11(16(22)18-17(19)23)8-33-7-10-3-1-2-4-12(10)20(24)25/h1-4,6,13-15,21H,5,7-9H2,(H,29,30)(H,31,32)(H,18,22,23)(H2,26,27,28)/t13-,14-,15-/m1/s1. The first-order chi connectivity index (χ1) is 18.5. The summed E-state index contributed by atoms with van der Waals surface area (Å²) in [6.45, 7) is -1.59. The molecule has 2 heterocycles. The van der Waals surface area contributed by atoms with Crippen molar-refractivity contribution in [2.75, 3.05) is 6.61 Å². The van der Waals surface area contributed by atoms with Crippen molar-refractivity contribution < 1.29 is 65.9 Å². The number of nitro groups is 1.